The highest BCUT2D eigenvalue weighted by atomic mass is 19.1. The van der Waals surface area contributed by atoms with Gasteiger partial charge in [0.2, 0.25) is 11.8 Å². The predicted molar refractivity (Wildman–Crippen MR) is 84.5 cm³/mol. The van der Waals surface area contributed by atoms with E-state index in [-0.39, 0.29) is 24.2 Å². The van der Waals surface area contributed by atoms with Gasteiger partial charge < -0.3 is 15.3 Å². The summed E-state index contributed by atoms with van der Waals surface area (Å²) in [6.07, 6.45) is 0.826. The van der Waals surface area contributed by atoms with Crippen LogP contribution in [0.15, 0.2) is 24.3 Å². The van der Waals surface area contributed by atoms with Crippen molar-refractivity contribution < 1.29 is 23.9 Å². The lowest BCUT2D eigenvalue weighted by Crippen LogP contribution is -2.43. The van der Waals surface area contributed by atoms with Crippen LogP contribution in [-0.2, 0) is 14.4 Å². The summed E-state index contributed by atoms with van der Waals surface area (Å²) in [5.74, 6) is -1.96. The normalized spacial score (nSPS) is 16.5. The first-order chi connectivity index (χ1) is 11.4. The number of aliphatic carboxylic acids is 1. The minimum atomic E-state index is -1.05. The Morgan fingerprint density at radius 3 is 2.33 bits per heavy atom. The highest BCUT2D eigenvalue weighted by molar-refractivity contribution is 5.80. The average Bonchev–Trinajstić information content (AvgIpc) is 2.54. The molecule has 6 nitrogen and oxygen atoms in total. The Balaban J connectivity index is 2.01. The van der Waals surface area contributed by atoms with E-state index in [1.807, 2.05) is 0 Å². The number of nitrogens with zero attached hydrogens (tertiary/aromatic N) is 1. The zero-order valence-electron chi connectivity index (χ0n) is 13.5. The number of benzene rings is 1. The van der Waals surface area contributed by atoms with Crippen LogP contribution < -0.4 is 5.32 Å². The molecular formula is C17H21FN2O4. The molecule has 7 heteroatoms. The maximum Gasteiger partial charge on any atom is 0.305 e. The molecule has 0 saturated carbocycles. The summed E-state index contributed by atoms with van der Waals surface area (Å²) in [7, 11) is 0. The smallest absolute Gasteiger partial charge is 0.305 e. The van der Waals surface area contributed by atoms with E-state index >= 15 is 0 Å². The minimum absolute atomic E-state index is 0.0103. The van der Waals surface area contributed by atoms with Crippen LogP contribution in [0, 0.1) is 11.7 Å². The third kappa shape index (κ3) is 4.78. The van der Waals surface area contributed by atoms with E-state index in [1.165, 1.54) is 31.2 Å². The molecule has 1 aliphatic rings. The van der Waals surface area contributed by atoms with Crippen molar-refractivity contribution in [1.82, 2.24) is 10.2 Å². The Kier molecular flexibility index (Phi) is 5.89. The molecule has 1 saturated heterocycles. The van der Waals surface area contributed by atoms with Gasteiger partial charge in [0.25, 0.3) is 0 Å². The van der Waals surface area contributed by atoms with Crippen LogP contribution in [0.2, 0.25) is 0 Å². The third-order valence-electron chi connectivity index (χ3n) is 4.28. The first kappa shape index (κ1) is 17.9. The van der Waals surface area contributed by atoms with Crippen molar-refractivity contribution in [2.75, 3.05) is 13.1 Å². The van der Waals surface area contributed by atoms with Crippen LogP contribution in [0.3, 0.4) is 0 Å². The number of nitrogens with one attached hydrogen (secondary N) is 1. The molecule has 1 aromatic carbocycles. The molecule has 2 amide bonds. The Morgan fingerprint density at radius 1 is 1.25 bits per heavy atom. The van der Waals surface area contributed by atoms with E-state index in [0.29, 0.717) is 31.5 Å². The molecule has 24 heavy (non-hydrogen) atoms. The lowest BCUT2D eigenvalue weighted by Gasteiger charge is -2.31. The van der Waals surface area contributed by atoms with E-state index in [2.05, 4.69) is 5.32 Å². The summed E-state index contributed by atoms with van der Waals surface area (Å²) in [5.41, 5.74) is 0.549. The molecular weight excluding hydrogens is 315 g/mol. The molecule has 2 N–H and O–H groups in total. The number of likely N-dealkylation sites (tertiary alicyclic amines) is 1. The maximum absolute atomic E-state index is 13.0. The van der Waals surface area contributed by atoms with Gasteiger partial charge in [-0.05, 0) is 30.5 Å². The molecule has 1 fully saturated rings. The summed E-state index contributed by atoms with van der Waals surface area (Å²) in [6.45, 7) is 2.54. The average molecular weight is 336 g/mol. The summed E-state index contributed by atoms with van der Waals surface area (Å²) in [4.78, 5) is 36.5. The van der Waals surface area contributed by atoms with Gasteiger partial charge in [-0.15, -0.1) is 0 Å². The van der Waals surface area contributed by atoms with Crippen molar-refractivity contribution in [2.24, 2.45) is 5.92 Å². The monoisotopic (exact) mass is 336 g/mol. The minimum Gasteiger partial charge on any atom is -0.481 e. The molecule has 0 spiro atoms. The van der Waals surface area contributed by atoms with E-state index in [9.17, 15) is 18.8 Å². The molecule has 0 radical (unpaired) electrons. The van der Waals surface area contributed by atoms with Crippen molar-refractivity contribution >= 4 is 17.8 Å². The largest absolute Gasteiger partial charge is 0.481 e. The molecule has 130 valence electrons. The van der Waals surface area contributed by atoms with Gasteiger partial charge in [-0.1, -0.05) is 12.1 Å². The van der Waals surface area contributed by atoms with Crippen molar-refractivity contribution in [3.05, 3.63) is 35.6 Å². The van der Waals surface area contributed by atoms with Crippen LogP contribution in [0.5, 0.6) is 0 Å². The second kappa shape index (κ2) is 7.90. The Labute approximate surface area is 139 Å². The fourth-order valence-corrected chi connectivity index (χ4v) is 2.87. The lowest BCUT2D eigenvalue weighted by molar-refractivity contribution is -0.138. The van der Waals surface area contributed by atoms with Crippen LogP contribution in [0.1, 0.15) is 37.8 Å². The van der Waals surface area contributed by atoms with Crippen molar-refractivity contribution in [3.63, 3.8) is 0 Å². The summed E-state index contributed by atoms with van der Waals surface area (Å²) >= 11 is 0. The van der Waals surface area contributed by atoms with Crippen LogP contribution in [0.25, 0.3) is 0 Å². The number of hydrogen-bond donors (Lipinski definition) is 2. The molecule has 2 rings (SSSR count). The van der Waals surface area contributed by atoms with Crippen molar-refractivity contribution in [2.45, 2.75) is 32.2 Å². The highest BCUT2D eigenvalue weighted by Crippen LogP contribution is 2.22. The number of halogens is 1. The summed E-state index contributed by atoms with van der Waals surface area (Å²) < 4.78 is 13.0. The Hall–Kier alpha value is -2.44. The number of carbonyl (C=O) groups is 3. The maximum atomic E-state index is 13.0. The number of carboxylic acid groups (broad SMARTS) is 1. The van der Waals surface area contributed by atoms with Gasteiger partial charge in [0.15, 0.2) is 0 Å². The quantitative estimate of drug-likeness (QED) is 0.857. The van der Waals surface area contributed by atoms with Crippen LogP contribution in [0.4, 0.5) is 4.39 Å². The van der Waals surface area contributed by atoms with Crippen LogP contribution in [-0.4, -0.2) is 40.9 Å². The second-order valence-electron chi connectivity index (χ2n) is 5.99. The first-order valence-electron chi connectivity index (χ1n) is 7.90. The highest BCUT2D eigenvalue weighted by Gasteiger charge is 2.28. The van der Waals surface area contributed by atoms with Gasteiger partial charge in [0.1, 0.15) is 5.82 Å². The zero-order valence-corrected chi connectivity index (χ0v) is 13.5. The first-order valence-corrected chi connectivity index (χ1v) is 7.90. The number of hydrogen-bond acceptors (Lipinski definition) is 3. The topological polar surface area (TPSA) is 86.7 Å². The Morgan fingerprint density at radius 2 is 1.83 bits per heavy atom. The Bertz CT molecular complexity index is 610. The third-order valence-corrected chi connectivity index (χ3v) is 4.28. The summed E-state index contributed by atoms with van der Waals surface area (Å²) in [6, 6.07) is 4.72. The number of amides is 2. The standard InChI is InChI=1S/C17H21FN2O4/c1-11(21)20-8-6-13(7-9-20)17(24)19-15(10-16(22)23)12-2-4-14(18)5-3-12/h2-5,13,15H,6-10H2,1H3,(H,19,24)(H,22,23)/t15-/m0/s1. The molecule has 0 aromatic heterocycles. The van der Waals surface area contributed by atoms with Gasteiger partial charge in [-0.3, -0.25) is 14.4 Å². The molecule has 0 aliphatic carbocycles. The molecule has 1 heterocycles. The van der Waals surface area contributed by atoms with Gasteiger partial charge in [0.05, 0.1) is 12.5 Å². The van der Waals surface area contributed by atoms with E-state index < -0.39 is 17.8 Å². The van der Waals surface area contributed by atoms with Gasteiger partial charge in [0, 0.05) is 25.9 Å². The SMILES string of the molecule is CC(=O)N1CCC(C(=O)N[C@@H](CC(=O)O)c2ccc(F)cc2)CC1. The van der Waals surface area contributed by atoms with E-state index in [1.54, 1.807) is 4.90 Å². The molecule has 1 atom stereocenters. The fraction of sp³-hybridized carbons (Fsp3) is 0.471. The summed E-state index contributed by atoms with van der Waals surface area (Å²) in [5, 5.41) is 11.8. The number of rotatable bonds is 5. The van der Waals surface area contributed by atoms with Gasteiger partial charge in [-0.2, -0.15) is 0 Å². The molecule has 1 aromatic rings. The van der Waals surface area contributed by atoms with Gasteiger partial charge in [-0.25, -0.2) is 4.39 Å². The molecule has 1 aliphatic heterocycles. The van der Waals surface area contributed by atoms with E-state index in [0.717, 1.165) is 0 Å². The van der Waals surface area contributed by atoms with Crippen molar-refractivity contribution in [1.29, 1.82) is 0 Å². The fourth-order valence-electron chi connectivity index (χ4n) is 2.87. The van der Waals surface area contributed by atoms with E-state index in [4.69, 9.17) is 5.11 Å². The zero-order chi connectivity index (χ0) is 17.7. The van der Waals surface area contributed by atoms with Crippen molar-refractivity contribution in [3.8, 4) is 0 Å². The number of piperidine rings is 1. The number of carboxylic acids is 1. The molecule has 0 bridgehead atoms. The van der Waals surface area contributed by atoms with Crippen LogP contribution >= 0.6 is 0 Å². The predicted octanol–water partition coefficient (Wildman–Crippen LogP) is 1.72. The lowest BCUT2D eigenvalue weighted by atomic mass is 9.94. The van der Waals surface area contributed by atoms with Gasteiger partial charge >= 0.3 is 5.97 Å². The second-order valence-corrected chi connectivity index (χ2v) is 5.99. The molecule has 0 unspecified atom stereocenters. The number of carbonyl (C=O) groups excluding carboxylic acids is 2.